The molecule has 2 rings (SSSR count). The molecule has 0 bridgehead atoms. The molecule has 2 amide bonds. The van der Waals surface area contributed by atoms with Crippen LogP contribution in [0.4, 0.5) is 0 Å². The molecule has 0 radical (unpaired) electrons. The van der Waals surface area contributed by atoms with Crippen LogP contribution in [0.3, 0.4) is 0 Å². The monoisotopic (exact) mass is 267 g/mol. The predicted octanol–water partition coefficient (Wildman–Crippen LogP) is 0.551. The predicted molar refractivity (Wildman–Crippen MR) is 73.6 cm³/mol. The van der Waals surface area contributed by atoms with Crippen molar-refractivity contribution in [3.05, 3.63) is 0 Å². The van der Waals surface area contributed by atoms with E-state index in [1.54, 1.807) is 0 Å². The number of hydrogen-bond acceptors (Lipinski definition) is 3. The minimum absolute atomic E-state index is 0.0200. The average Bonchev–Trinajstić information content (AvgIpc) is 2.90. The van der Waals surface area contributed by atoms with Crippen molar-refractivity contribution in [2.24, 2.45) is 5.92 Å². The molecule has 1 saturated heterocycles. The van der Waals surface area contributed by atoms with Gasteiger partial charge < -0.3 is 16.0 Å². The topological polar surface area (TPSA) is 70.2 Å². The molecule has 2 aliphatic rings. The third-order valence-electron chi connectivity index (χ3n) is 4.07. The van der Waals surface area contributed by atoms with Gasteiger partial charge in [0.05, 0.1) is 6.54 Å². The molecule has 19 heavy (non-hydrogen) atoms. The second kappa shape index (κ2) is 7.48. The molecule has 1 aliphatic heterocycles. The molecule has 1 saturated carbocycles. The molecule has 0 aromatic rings. The van der Waals surface area contributed by atoms with Crippen LogP contribution in [0.5, 0.6) is 0 Å². The quantitative estimate of drug-likeness (QED) is 0.681. The van der Waals surface area contributed by atoms with Crippen LogP contribution in [0.25, 0.3) is 0 Å². The van der Waals surface area contributed by atoms with Gasteiger partial charge in [-0.2, -0.15) is 0 Å². The first-order valence-corrected chi connectivity index (χ1v) is 7.51. The SMILES string of the molecule is O=C(CC1CCCCC1)NCC(=O)NC1CCNC1. The lowest BCUT2D eigenvalue weighted by Crippen LogP contribution is -2.43. The Morgan fingerprint density at radius 3 is 2.53 bits per heavy atom. The van der Waals surface area contributed by atoms with Crippen LogP contribution in [0.15, 0.2) is 0 Å². The molecule has 3 N–H and O–H groups in total. The van der Waals surface area contributed by atoms with Crippen molar-refractivity contribution < 1.29 is 9.59 Å². The summed E-state index contributed by atoms with van der Waals surface area (Å²) >= 11 is 0. The fourth-order valence-electron chi connectivity index (χ4n) is 2.96. The molecule has 1 heterocycles. The molecule has 2 fully saturated rings. The molecule has 108 valence electrons. The van der Waals surface area contributed by atoms with Gasteiger partial charge in [0, 0.05) is 19.0 Å². The second-order valence-electron chi connectivity index (χ2n) is 5.74. The van der Waals surface area contributed by atoms with Gasteiger partial charge in [0.1, 0.15) is 0 Å². The van der Waals surface area contributed by atoms with E-state index in [9.17, 15) is 9.59 Å². The molecule has 0 aromatic carbocycles. The maximum Gasteiger partial charge on any atom is 0.239 e. The van der Waals surface area contributed by atoms with Gasteiger partial charge in [0.15, 0.2) is 0 Å². The Morgan fingerprint density at radius 2 is 1.84 bits per heavy atom. The average molecular weight is 267 g/mol. The third-order valence-corrected chi connectivity index (χ3v) is 4.07. The highest BCUT2D eigenvalue weighted by atomic mass is 16.2. The standard InChI is InChI=1S/C14H25N3O2/c18-13(8-11-4-2-1-3-5-11)16-10-14(19)17-12-6-7-15-9-12/h11-12,15H,1-10H2,(H,16,18)(H,17,19). The molecule has 0 aromatic heterocycles. The molecular weight excluding hydrogens is 242 g/mol. The summed E-state index contributed by atoms with van der Waals surface area (Å²) in [6.07, 6.45) is 7.66. The van der Waals surface area contributed by atoms with E-state index in [4.69, 9.17) is 0 Å². The van der Waals surface area contributed by atoms with E-state index in [-0.39, 0.29) is 24.4 Å². The number of rotatable bonds is 5. The van der Waals surface area contributed by atoms with Gasteiger partial charge >= 0.3 is 0 Å². The van der Waals surface area contributed by atoms with Crippen molar-refractivity contribution in [1.82, 2.24) is 16.0 Å². The Labute approximate surface area is 114 Å². The molecule has 5 heteroatoms. The molecule has 0 spiro atoms. The highest BCUT2D eigenvalue weighted by Gasteiger charge is 2.19. The minimum atomic E-state index is -0.0781. The second-order valence-corrected chi connectivity index (χ2v) is 5.74. The van der Waals surface area contributed by atoms with E-state index in [0.717, 1.165) is 32.4 Å². The van der Waals surface area contributed by atoms with Crippen molar-refractivity contribution in [3.8, 4) is 0 Å². The molecule has 1 atom stereocenters. The maximum absolute atomic E-state index is 11.7. The fraction of sp³-hybridized carbons (Fsp3) is 0.857. The van der Waals surface area contributed by atoms with E-state index in [0.29, 0.717) is 12.3 Å². The van der Waals surface area contributed by atoms with Gasteiger partial charge in [-0.05, 0) is 31.7 Å². The van der Waals surface area contributed by atoms with Gasteiger partial charge in [0.2, 0.25) is 11.8 Å². The summed E-state index contributed by atoms with van der Waals surface area (Å²) in [5.74, 6) is 0.466. The summed E-state index contributed by atoms with van der Waals surface area (Å²) in [4.78, 5) is 23.4. The smallest absolute Gasteiger partial charge is 0.239 e. The van der Waals surface area contributed by atoms with Crippen molar-refractivity contribution in [1.29, 1.82) is 0 Å². The van der Waals surface area contributed by atoms with Crippen LogP contribution in [0, 0.1) is 5.92 Å². The van der Waals surface area contributed by atoms with Crippen molar-refractivity contribution in [2.45, 2.75) is 51.0 Å². The molecule has 5 nitrogen and oxygen atoms in total. The van der Waals surface area contributed by atoms with E-state index in [1.165, 1.54) is 19.3 Å². The largest absolute Gasteiger partial charge is 0.351 e. The lowest BCUT2D eigenvalue weighted by molar-refractivity contribution is -0.127. The van der Waals surface area contributed by atoms with E-state index < -0.39 is 0 Å². The first-order valence-electron chi connectivity index (χ1n) is 7.51. The van der Waals surface area contributed by atoms with E-state index in [2.05, 4.69) is 16.0 Å². The Morgan fingerprint density at radius 1 is 1.05 bits per heavy atom. The zero-order valence-electron chi connectivity index (χ0n) is 11.5. The fourth-order valence-corrected chi connectivity index (χ4v) is 2.96. The van der Waals surface area contributed by atoms with Gasteiger partial charge in [0.25, 0.3) is 0 Å². The van der Waals surface area contributed by atoms with Gasteiger partial charge in [-0.1, -0.05) is 19.3 Å². The van der Waals surface area contributed by atoms with Crippen LogP contribution < -0.4 is 16.0 Å². The zero-order chi connectivity index (χ0) is 13.5. The number of amides is 2. The number of nitrogens with one attached hydrogen (secondary N) is 3. The third kappa shape index (κ3) is 5.19. The van der Waals surface area contributed by atoms with Crippen molar-refractivity contribution in [3.63, 3.8) is 0 Å². The van der Waals surface area contributed by atoms with Crippen LogP contribution in [0.2, 0.25) is 0 Å². The lowest BCUT2D eigenvalue weighted by atomic mass is 9.87. The molecule has 1 aliphatic carbocycles. The first kappa shape index (κ1) is 14.3. The van der Waals surface area contributed by atoms with Gasteiger partial charge in [-0.25, -0.2) is 0 Å². The normalized spacial score (nSPS) is 24.1. The Balaban J connectivity index is 1.58. The Kier molecular flexibility index (Phi) is 5.63. The number of carbonyl (C=O) groups is 2. The van der Waals surface area contributed by atoms with Crippen LogP contribution in [-0.2, 0) is 9.59 Å². The van der Waals surface area contributed by atoms with Crippen LogP contribution in [-0.4, -0.2) is 37.5 Å². The summed E-state index contributed by atoms with van der Waals surface area (Å²) in [6, 6.07) is 0.225. The van der Waals surface area contributed by atoms with Crippen LogP contribution >= 0.6 is 0 Å². The van der Waals surface area contributed by atoms with Crippen molar-refractivity contribution in [2.75, 3.05) is 19.6 Å². The van der Waals surface area contributed by atoms with Gasteiger partial charge in [-0.3, -0.25) is 9.59 Å². The van der Waals surface area contributed by atoms with Crippen LogP contribution in [0.1, 0.15) is 44.9 Å². The Hall–Kier alpha value is -1.10. The molecular formula is C14H25N3O2. The summed E-state index contributed by atoms with van der Waals surface area (Å²) < 4.78 is 0. The zero-order valence-corrected chi connectivity index (χ0v) is 11.5. The van der Waals surface area contributed by atoms with Crippen molar-refractivity contribution >= 4 is 11.8 Å². The summed E-state index contributed by atoms with van der Waals surface area (Å²) in [7, 11) is 0. The summed E-state index contributed by atoms with van der Waals surface area (Å²) in [5.41, 5.74) is 0. The summed E-state index contributed by atoms with van der Waals surface area (Å²) in [5, 5.41) is 8.85. The van der Waals surface area contributed by atoms with E-state index >= 15 is 0 Å². The first-order chi connectivity index (χ1) is 9.24. The van der Waals surface area contributed by atoms with E-state index in [1.807, 2.05) is 0 Å². The lowest BCUT2D eigenvalue weighted by Gasteiger charge is -2.20. The summed E-state index contributed by atoms with van der Waals surface area (Å²) in [6.45, 7) is 1.91. The number of carbonyl (C=O) groups excluding carboxylic acids is 2. The highest BCUT2D eigenvalue weighted by Crippen LogP contribution is 2.25. The molecule has 1 unspecified atom stereocenters. The highest BCUT2D eigenvalue weighted by molar-refractivity contribution is 5.84. The van der Waals surface area contributed by atoms with Gasteiger partial charge in [-0.15, -0.1) is 0 Å². The number of hydrogen-bond donors (Lipinski definition) is 3. The minimum Gasteiger partial charge on any atom is -0.351 e. The maximum atomic E-state index is 11.7. The Bertz CT molecular complexity index is 308.